The SMILES string of the molecule is N#CC1(Cc2ccc(OC(F)(F)F)cc2)CC2CCC1C2. The predicted molar refractivity (Wildman–Crippen MR) is 70.3 cm³/mol. The van der Waals surface area contributed by atoms with Crippen LogP contribution in [0.4, 0.5) is 13.2 Å². The molecule has 3 unspecified atom stereocenters. The van der Waals surface area contributed by atoms with Crippen LogP contribution in [-0.4, -0.2) is 6.36 Å². The van der Waals surface area contributed by atoms with Crippen LogP contribution in [-0.2, 0) is 6.42 Å². The van der Waals surface area contributed by atoms with Crippen molar-refractivity contribution in [3.05, 3.63) is 29.8 Å². The van der Waals surface area contributed by atoms with E-state index in [1.807, 2.05) is 0 Å². The number of hydrogen-bond acceptors (Lipinski definition) is 2. The van der Waals surface area contributed by atoms with Crippen LogP contribution in [0.5, 0.6) is 5.75 Å². The Labute approximate surface area is 121 Å². The molecule has 2 saturated carbocycles. The summed E-state index contributed by atoms with van der Waals surface area (Å²) < 4.78 is 40.2. The molecule has 0 radical (unpaired) electrons. The van der Waals surface area contributed by atoms with Crippen molar-refractivity contribution in [1.82, 2.24) is 0 Å². The third-order valence-electron chi connectivity index (χ3n) is 4.87. The number of hydrogen-bond donors (Lipinski definition) is 0. The maximum atomic E-state index is 12.1. The standard InChI is InChI=1S/C16H16F3NO/c17-16(18,19)21-14-5-2-11(3-6-14)8-15(10-20)9-12-1-4-13(15)7-12/h2-3,5-6,12-13H,1,4,7-9H2. The van der Waals surface area contributed by atoms with Crippen LogP contribution >= 0.6 is 0 Å². The number of halogens is 3. The van der Waals surface area contributed by atoms with Crippen LogP contribution in [0.2, 0.25) is 0 Å². The fraction of sp³-hybridized carbons (Fsp3) is 0.562. The highest BCUT2D eigenvalue weighted by Gasteiger charge is 2.51. The largest absolute Gasteiger partial charge is 0.573 e. The lowest BCUT2D eigenvalue weighted by Gasteiger charge is -2.31. The van der Waals surface area contributed by atoms with E-state index in [4.69, 9.17) is 0 Å². The third-order valence-corrected chi connectivity index (χ3v) is 4.87. The molecule has 0 aromatic heterocycles. The normalized spacial score (nSPS) is 31.1. The number of alkyl halides is 3. The zero-order valence-electron chi connectivity index (χ0n) is 11.5. The van der Waals surface area contributed by atoms with Crippen molar-refractivity contribution < 1.29 is 17.9 Å². The van der Waals surface area contributed by atoms with E-state index in [0.29, 0.717) is 18.3 Å². The fourth-order valence-electron chi connectivity index (χ4n) is 4.01. The van der Waals surface area contributed by atoms with Crippen molar-refractivity contribution >= 4 is 0 Å². The Hall–Kier alpha value is -1.70. The summed E-state index contributed by atoms with van der Waals surface area (Å²) in [5, 5.41) is 9.58. The van der Waals surface area contributed by atoms with Crippen LogP contribution in [0.25, 0.3) is 0 Å². The van der Waals surface area contributed by atoms with Gasteiger partial charge in [0.05, 0.1) is 11.5 Å². The Morgan fingerprint density at radius 2 is 1.95 bits per heavy atom. The molecule has 0 aliphatic heterocycles. The monoisotopic (exact) mass is 295 g/mol. The second kappa shape index (κ2) is 4.94. The topological polar surface area (TPSA) is 33.0 Å². The highest BCUT2D eigenvalue weighted by Crippen LogP contribution is 2.57. The molecular formula is C16H16F3NO. The molecule has 2 nitrogen and oxygen atoms in total. The van der Waals surface area contributed by atoms with E-state index in [9.17, 15) is 18.4 Å². The lowest BCUT2D eigenvalue weighted by Crippen LogP contribution is -2.28. The summed E-state index contributed by atoms with van der Waals surface area (Å²) >= 11 is 0. The molecule has 112 valence electrons. The van der Waals surface area contributed by atoms with E-state index < -0.39 is 6.36 Å². The van der Waals surface area contributed by atoms with E-state index in [2.05, 4.69) is 10.8 Å². The number of nitrogens with zero attached hydrogens (tertiary/aromatic N) is 1. The summed E-state index contributed by atoms with van der Waals surface area (Å²) in [6.07, 6.45) is 0.328. The maximum absolute atomic E-state index is 12.1. The molecule has 0 spiro atoms. The summed E-state index contributed by atoms with van der Waals surface area (Å²) in [6.45, 7) is 0. The summed E-state index contributed by atoms with van der Waals surface area (Å²) in [5.41, 5.74) is 0.577. The Balaban J connectivity index is 1.72. The van der Waals surface area contributed by atoms with Gasteiger partial charge in [0.15, 0.2) is 0 Å². The first-order chi connectivity index (χ1) is 9.90. The van der Waals surface area contributed by atoms with Crippen LogP contribution in [0.15, 0.2) is 24.3 Å². The fourth-order valence-corrected chi connectivity index (χ4v) is 4.01. The first-order valence-electron chi connectivity index (χ1n) is 7.16. The van der Waals surface area contributed by atoms with Crippen LogP contribution in [0.1, 0.15) is 31.2 Å². The molecule has 2 aliphatic carbocycles. The molecule has 1 aromatic carbocycles. The number of ether oxygens (including phenoxy) is 1. The first kappa shape index (κ1) is 14.2. The molecule has 5 heteroatoms. The summed E-state index contributed by atoms with van der Waals surface area (Å²) in [4.78, 5) is 0. The predicted octanol–water partition coefficient (Wildman–Crippen LogP) is 4.46. The van der Waals surface area contributed by atoms with Crippen molar-refractivity contribution in [1.29, 1.82) is 5.26 Å². The maximum Gasteiger partial charge on any atom is 0.573 e. The van der Waals surface area contributed by atoms with E-state index in [-0.39, 0.29) is 11.2 Å². The molecule has 2 fully saturated rings. The number of benzene rings is 1. The average molecular weight is 295 g/mol. The third kappa shape index (κ3) is 2.85. The minimum Gasteiger partial charge on any atom is -0.406 e. The van der Waals surface area contributed by atoms with Gasteiger partial charge >= 0.3 is 6.36 Å². The van der Waals surface area contributed by atoms with Gasteiger partial charge in [0, 0.05) is 0 Å². The second-order valence-electron chi connectivity index (χ2n) is 6.22. The van der Waals surface area contributed by atoms with Crippen molar-refractivity contribution in [2.24, 2.45) is 17.3 Å². The van der Waals surface area contributed by atoms with Gasteiger partial charge in [-0.15, -0.1) is 13.2 Å². The van der Waals surface area contributed by atoms with Gasteiger partial charge in [0.1, 0.15) is 5.75 Å². The van der Waals surface area contributed by atoms with Crippen molar-refractivity contribution in [3.8, 4) is 11.8 Å². The van der Waals surface area contributed by atoms with Crippen molar-refractivity contribution in [2.75, 3.05) is 0 Å². The summed E-state index contributed by atoms with van der Waals surface area (Å²) in [7, 11) is 0. The molecule has 0 heterocycles. The van der Waals surface area contributed by atoms with Gasteiger partial charge in [-0.05, 0) is 55.2 Å². The number of nitriles is 1. The molecule has 21 heavy (non-hydrogen) atoms. The minimum absolute atomic E-state index is 0.217. The number of rotatable bonds is 3. The molecule has 0 saturated heterocycles. The van der Waals surface area contributed by atoms with Crippen LogP contribution < -0.4 is 4.74 Å². The van der Waals surface area contributed by atoms with E-state index in [1.165, 1.54) is 18.6 Å². The average Bonchev–Trinajstić information content (AvgIpc) is 3.00. The summed E-state index contributed by atoms with van der Waals surface area (Å²) in [5.74, 6) is 0.881. The first-order valence-corrected chi connectivity index (χ1v) is 7.16. The highest BCUT2D eigenvalue weighted by molar-refractivity contribution is 5.30. The van der Waals surface area contributed by atoms with Gasteiger partial charge in [-0.1, -0.05) is 18.6 Å². The molecule has 3 rings (SSSR count). The molecule has 0 N–H and O–H groups in total. The highest BCUT2D eigenvalue weighted by atomic mass is 19.4. The molecule has 3 atom stereocenters. The quantitative estimate of drug-likeness (QED) is 0.825. The van der Waals surface area contributed by atoms with E-state index in [0.717, 1.165) is 24.8 Å². The van der Waals surface area contributed by atoms with Crippen LogP contribution in [0.3, 0.4) is 0 Å². The molecule has 0 amide bonds. The zero-order valence-corrected chi connectivity index (χ0v) is 11.5. The van der Waals surface area contributed by atoms with E-state index >= 15 is 0 Å². The minimum atomic E-state index is -4.67. The lowest BCUT2D eigenvalue weighted by atomic mass is 9.70. The molecule has 2 aliphatic rings. The van der Waals surface area contributed by atoms with Gasteiger partial charge in [-0.3, -0.25) is 0 Å². The zero-order chi connectivity index (χ0) is 15.1. The van der Waals surface area contributed by atoms with E-state index in [1.54, 1.807) is 12.1 Å². The lowest BCUT2D eigenvalue weighted by molar-refractivity contribution is -0.274. The van der Waals surface area contributed by atoms with Gasteiger partial charge in [-0.2, -0.15) is 5.26 Å². The summed E-state index contributed by atoms with van der Waals surface area (Å²) in [6, 6.07) is 8.40. The second-order valence-corrected chi connectivity index (χ2v) is 6.22. The Morgan fingerprint density at radius 1 is 1.24 bits per heavy atom. The Morgan fingerprint density at radius 3 is 2.43 bits per heavy atom. The van der Waals surface area contributed by atoms with Gasteiger partial charge in [-0.25, -0.2) is 0 Å². The van der Waals surface area contributed by atoms with Crippen LogP contribution in [0, 0.1) is 28.6 Å². The van der Waals surface area contributed by atoms with Gasteiger partial charge in [0.2, 0.25) is 0 Å². The van der Waals surface area contributed by atoms with Gasteiger partial charge in [0.25, 0.3) is 0 Å². The molecule has 2 bridgehead atoms. The smallest absolute Gasteiger partial charge is 0.406 e. The Bertz CT molecular complexity index is 560. The van der Waals surface area contributed by atoms with Crippen molar-refractivity contribution in [3.63, 3.8) is 0 Å². The Kier molecular flexibility index (Phi) is 3.35. The number of fused-ring (bicyclic) bond motifs is 2. The van der Waals surface area contributed by atoms with Gasteiger partial charge < -0.3 is 4.74 Å². The van der Waals surface area contributed by atoms with Crippen molar-refractivity contribution in [2.45, 2.75) is 38.5 Å². The molecule has 1 aromatic rings. The molecular weight excluding hydrogens is 279 g/mol.